The Morgan fingerprint density at radius 3 is 1.90 bits per heavy atom. The minimum absolute atomic E-state index is 0. The quantitative estimate of drug-likeness (QED) is 0.224. The molecule has 0 spiro atoms. The van der Waals surface area contributed by atoms with Crippen molar-refractivity contribution in [3.05, 3.63) is 29.8 Å². The molecule has 0 saturated carbocycles. The Balaban J connectivity index is 0.00000784. The number of benzene rings is 1. The summed E-state index contributed by atoms with van der Waals surface area (Å²) in [7, 11) is 0. The van der Waals surface area contributed by atoms with Gasteiger partial charge in [0.1, 0.15) is 11.9 Å². The Kier molecular flexibility index (Phi) is 17.5. The number of unbranched alkanes of at least 4 members (excludes halogenated alkanes) is 9. The second-order valence-electron chi connectivity index (χ2n) is 7.59. The smallest absolute Gasteiger partial charge is 0.546 e. The Morgan fingerprint density at radius 1 is 0.828 bits per heavy atom. The maximum Gasteiger partial charge on any atom is 1.00 e. The van der Waals surface area contributed by atoms with Gasteiger partial charge in [0.15, 0.2) is 5.78 Å². The van der Waals surface area contributed by atoms with Crippen LogP contribution in [0.1, 0.15) is 108 Å². The second-order valence-corrected chi connectivity index (χ2v) is 7.59. The molecule has 29 heavy (non-hydrogen) atoms. The number of carboxylic acids is 1. The van der Waals surface area contributed by atoms with Crippen LogP contribution in [-0.2, 0) is 4.79 Å². The first-order valence-corrected chi connectivity index (χ1v) is 11.1. The summed E-state index contributed by atoms with van der Waals surface area (Å²) in [6, 6.07) is 6.81. The predicted molar refractivity (Wildman–Crippen MR) is 112 cm³/mol. The summed E-state index contributed by atoms with van der Waals surface area (Å²) in [5.41, 5.74) is 0.656. The summed E-state index contributed by atoms with van der Waals surface area (Å²) >= 11 is 0. The molecule has 0 bridgehead atoms. The van der Waals surface area contributed by atoms with Gasteiger partial charge in [-0.3, -0.25) is 4.79 Å². The number of hydrogen-bond donors (Lipinski definition) is 0. The largest absolute Gasteiger partial charge is 1.00 e. The fraction of sp³-hybridized carbons (Fsp3) is 0.667. The van der Waals surface area contributed by atoms with Gasteiger partial charge in [-0.2, -0.15) is 0 Å². The predicted octanol–water partition coefficient (Wildman–Crippen LogP) is 2.48. The van der Waals surface area contributed by atoms with Crippen LogP contribution in [0.5, 0.6) is 5.75 Å². The van der Waals surface area contributed by atoms with E-state index < -0.39 is 12.1 Å². The Bertz CT molecular complexity index is 557. The van der Waals surface area contributed by atoms with Crippen molar-refractivity contribution in [2.45, 2.75) is 103 Å². The van der Waals surface area contributed by atoms with Gasteiger partial charge in [0.05, 0.1) is 5.97 Å². The number of carbonyl (C=O) groups is 2. The van der Waals surface area contributed by atoms with E-state index in [0.29, 0.717) is 24.2 Å². The van der Waals surface area contributed by atoms with Gasteiger partial charge >= 0.3 is 29.6 Å². The van der Waals surface area contributed by atoms with Gasteiger partial charge < -0.3 is 14.6 Å². The number of rotatable bonds is 17. The summed E-state index contributed by atoms with van der Waals surface area (Å²) in [5, 5.41) is 11.3. The third-order valence-electron chi connectivity index (χ3n) is 5.04. The van der Waals surface area contributed by atoms with Gasteiger partial charge in [0, 0.05) is 12.0 Å². The van der Waals surface area contributed by atoms with Crippen molar-refractivity contribution < 1.29 is 49.0 Å². The first-order chi connectivity index (χ1) is 13.6. The van der Waals surface area contributed by atoms with E-state index >= 15 is 0 Å². The zero-order valence-corrected chi connectivity index (χ0v) is 20.7. The van der Waals surface area contributed by atoms with E-state index in [0.717, 1.165) is 32.1 Å². The van der Waals surface area contributed by atoms with Crippen molar-refractivity contribution in [1.82, 2.24) is 0 Å². The number of ketones is 1. The van der Waals surface area contributed by atoms with E-state index in [9.17, 15) is 14.7 Å². The van der Waals surface area contributed by atoms with E-state index in [1.807, 2.05) is 0 Å². The average Bonchev–Trinajstić information content (AvgIpc) is 2.69. The Hall–Kier alpha value is -0.840. The molecule has 1 aromatic carbocycles. The zero-order chi connectivity index (χ0) is 20.6. The first kappa shape index (κ1) is 28.2. The summed E-state index contributed by atoms with van der Waals surface area (Å²) in [6.45, 7) is 4.35. The van der Waals surface area contributed by atoms with Crippen LogP contribution in [0.2, 0.25) is 0 Å². The Morgan fingerprint density at radius 2 is 1.34 bits per heavy atom. The van der Waals surface area contributed by atoms with E-state index in [-0.39, 0.29) is 35.3 Å². The maximum atomic E-state index is 12.2. The average molecular weight is 413 g/mol. The molecule has 0 aromatic heterocycles. The first-order valence-electron chi connectivity index (χ1n) is 11.1. The molecule has 0 unspecified atom stereocenters. The summed E-state index contributed by atoms with van der Waals surface area (Å²) < 4.78 is 5.59. The molecule has 158 valence electrons. The van der Waals surface area contributed by atoms with Gasteiger partial charge in [-0.25, -0.2) is 0 Å². The fourth-order valence-electron chi connectivity index (χ4n) is 3.25. The number of carbonyl (C=O) groups excluding carboxylic acids is 2. The summed E-state index contributed by atoms with van der Waals surface area (Å²) in [4.78, 5) is 23.6. The topological polar surface area (TPSA) is 66.4 Å². The number of Topliss-reactive ketones (excluding diaryl/α,β-unsaturated/α-hetero) is 1. The number of aliphatic carboxylic acids is 1. The van der Waals surface area contributed by atoms with Crippen LogP contribution in [-0.4, -0.2) is 17.9 Å². The van der Waals surface area contributed by atoms with Gasteiger partial charge in [-0.15, -0.1) is 0 Å². The van der Waals surface area contributed by atoms with E-state index in [2.05, 4.69) is 13.8 Å². The van der Waals surface area contributed by atoms with Crippen LogP contribution in [0.25, 0.3) is 0 Å². The van der Waals surface area contributed by atoms with Gasteiger partial charge in [0.25, 0.3) is 0 Å². The monoisotopic (exact) mass is 412 g/mol. The van der Waals surface area contributed by atoms with Crippen molar-refractivity contribution in [1.29, 1.82) is 0 Å². The SMILES string of the molecule is CCCCCCCC[C@H](Oc1ccc(C(=O)CCCCCCC)cc1)C(=O)[O-].[Na+]. The van der Waals surface area contributed by atoms with E-state index in [4.69, 9.17) is 4.74 Å². The van der Waals surface area contributed by atoms with E-state index in [1.54, 1.807) is 24.3 Å². The molecule has 0 radical (unpaired) electrons. The molecular formula is C24H37NaO4. The molecule has 1 rings (SSSR count). The summed E-state index contributed by atoms with van der Waals surface area (Å²) in [5.74, 6) is -0.577. The van der Waals surface area contributed by atoms with Crippen molar-refractivity contribution in [3.63, 3.8) is 0 Å². The van der Waals surface area contributed by atoms with Gasteiger partial charge in [0.2, 0.25) is 0 Å². The van der Waals surface area contributed by atoms with Gasteiger partial charge in [-0.05, 0) is 43.5 Å². The molecule has 0 N–H and O–H groups in total. The normalized spacial score (nSPS) is 11.5. The fourth-order valence-corrected chi connectivity index (χ4v) is 3.25. The minimum atomic E-state index is -1.18. The number of hydrogen-bond acceptors (Lipinski definition) is 4. The molecule has 0 fully saturated rings. The molecule has 0 saturated heterocycles. The number of ether oxygens (including phenoxy) is 1. The standard InChI is InChI=1S/C24H38O4.Na/c1-3-5-7-9-11-13-15-23(24(26)27)28-21-18-16-20(17-19-21)22(25)14-12-10-8-6-4-2;/h16-19,23H,3-15H2,1-2H3,(H,26,27);/q;+1/p-1/t23-;/m0./s1. The molecule has 0 heterocycles. The summed E-state index contributed by atoms with van der Waals surface area (Å²) in [6.07, 6.45) is 12.3. The third-order valence-corrected chi connectivity index (χ3v) is 5.04. The second kappa shape index (κ2) is 18.0. The minimum Gasteiger partial charge on any atom is -0.546 e. The van der Waals surface area contributed by atoms with E-state index in [1.165, 1.54) is 38.5 Å². The van der Waals surface area contributed by atoms with Crippen molar-refractivity contribution in [2.75, 3.05) is 0 Å². The van der Waals surface area contributed by atoms with Gasteiger partial charge in [-0.1, -0.05) is 71.6 Å². The van der Waals surface area contributed by atoms with Crippen LogP contribution in [0.3, 0.4) is 0 Å². The Labute approximate surface area is 199 Å². The maximum absolute atomic E-state index is 12.2. The molecule has 1 aromatic rings. The van der Waals surface area contributed by atoms with Crippen LogP contribution in [0, 0.1) is 0 Å². The van der Waals surface area contributed by atoms with Crippen LogP contribution >= 0.6 is 0 Å². The molecular weight excluding hydrogens is 375 g/mol. The molecule has 0 aliphatic heterocycles. The van der Waals surface area contributed by atoms with Crippen LogP contribution in [0.15, 0.2) is 24.3 Å². The van der Waals surface area contributed by atoms with Crippen molar-refractivity contribution >= 4 is 11.8 Å². The number of carboxylic acid groups (broad SMARTS) is 1. The molecule has 4 nitrogen and oxygen atoms in total. The van der Waals surface area contributed by atoms with Crippen molar-refractivity contribution in [3.8, 4) is 5.75 Å². The zero-order valence-electron chi connectivity index (χ0n) is 18.7. The molecule has 1 atom stereocenters. The molecule has 0 aliphatic carbocycles. The molecule has 0 aliphatic rings. The van der Waals surface area contributed by atoms with Crippen LogP contribution < -0.4 is 39.4 Å². The van der Waals surface area contributed by atoms with Crippen LogP contribution in [0.4, 0.5) is 0 Å². The molecule has 5 heteroatoms. The third kappa shape index (κ3) is 13.1. The molecule has 0 amide bonds. The van der Waals surface area contributed by atoms with Crippen molar-refractivity contribution in [2.24, 2.45) is 0 Å².